The fourth-order valence-electron chi connectivity index (χ4n) is 4.60. The number of carboxylic acid groups (broad SMARTS) is 1. The second-order valence-electron chi connectivity index (χ2n) is 9.60. The first-order chi connectivity index (χ1) is 18.9. The van der Waals surface area contributed by atoms with Crippen LogP contribution in [-0.4, -0.2) is 37.2 Å². The molecule has 11 heteroatoms. The van der Waals surface area contributed by atoms with Gasteiger partial charge in [0.25, 0.3) is 5.82 Å². The van der Waals surface area contributed by atoms with Crippen molar-refractivity contribution in [1.29, 1.82) is 0 Å². The average molecular weight is 596 g/mol. The fourth-order valence-corrected chi connectivity index (χ4v) is 4.85. The highest BCUT2D eigenvalue weighted by Gasteiger charge is 2.32. The molecule has 214 valence electrons. The molecule has 1 fully saturated rings. The Kier molecular flexibility index (Phi) is 11.2. The Hall–Kier alpha value is -3.30. The molecule has 0 spiro atoms. The number of benzene rings is 2. The third kappa shape index (κ3) is 9.41. The average Bonchev–Trinajstić information content (AvgIpc) is 2.93. The number of nitrogens with one attached hydrogen (secondary N) is 2. The van der Waals surface area contributed by atoms with Crippen LogP contribution in [0.15, 0.2) is 72.9 Å². The molecule has 1 unspecified atom stereocenters. The number of hydrogen-bond donors (Lipinski definition) is 1. The van der Waals surface area contributed by atoms with Crippen molar-refractivity contribution >= 4 is 40.9 Å². The minimum absolute atomic E-state index is 0.0313. The molecule has 0 bridgehead atoms. The number of amides is 1. The maximum absolute atomic E-state index is 13.3. The minimum atomic E-state index is -5.19. The van der Waals surface area contributed by atoms with Crippen LogP contribution < -0.4 is 20.3 Å². The van der Waals surface area contributed by atoms with Crippen molar-refractivity contribution in [3.63, 3.8) is 0 Å². The number of hydrogen-bond acceptors (Lipinski definition) is 4. The van der Waals surface area contributed by atoms with Gasteiger partial charge in [-0.05, 0) is 67.6 Å². The van der Waals surface area contributed by atoms with Crippen LogP contribution >= 0.6 is 23.2 Å². The number of piperidine rings is 1. The third-order valence-electron chi connectivity index (χ3n) is 6.70. The molecular formula is C29H30Cl2F3N3O3. The van der Waals surface area contributed by atoms with Crippen molar-refractivity contribution in [2.75, 3.05) is 18.0 Å². The van der Waals surface area contributed by atoms with Gasteiger partial charge in [-0.1, -0.05) is 53.5 Å². The normalized spacial score (nSPS) is 16.8. The summed E-state index contributed by atoms with van der Waals surface area (Å²) in [7, 11) is 0. The first kappa shape index (κ1) is 31.2. The van der Waals surface area contributed by atoms with Gasteiger partial charge in [0.1, 0.15) is 5.97 Å². The maximum Gasteiger partial charge on any atom is 0.430 e. The molecule has 4 rings (SSSR count). The smallest absolute Gasteiger partial charge is 0.430 e. The number of pyridine rings is 1. The van der Waals surface area contributed by atoms with Gasteiger partial charge < -0.3 is 15.2 Å². The summed E-state index contributed by atoms with van der Waals surface area (Å²) in [6, 6.07) is 21.9. The lowest BCUT2D eigenvalue weighted by molar-refractivity contribution is -0.364. The number of carbonyl (C=O) groups excluding carboxylic acids is 2. The van der Waals surface area contributed by atoms with Gasteiger partial charge in [-0.15, -0.1) is 0 Å². The number of carbonyl (C=O) groups is 2. The highest BCUT2D eigenvalue weighted by atomic mass is 35.5. The minimum Gasteiger partial charge on any atom is -0.542 e. The summed E-state index contributed by atoms with van der Waals surface area (Å²) in [4.78, 5) is 27.6. The summed E-state index contributed by atoms with van der Waals surface area (Å²) in [5, 5.41) is 13.5. The lowest BCUT2D eigenvalue weighted by Crippen LogP contribution is -2.47. The molecule has 0 radical (unpaired) electrons. The standard InChI is InChI=1S/C27H29Cl2N3O.C2HF3O2/c1-19(31-27(33)22-5-4-16-32(18-22)26-6-2-3-15-30-26)25(21-9-13-24(29)14-10-21)17-20-7-11-23(28)12-8-20;3-2(4,5)1(6)7/h2-3,6-15,19,22,25H,4-5,16-18H2,1H3,(H,31,33);(H,6,7)/t19-,22?,25+;/m1./s1. The molecule has 2 aromatic carbocycles. The monoisotopic (exact) mass is 595 g/mol. The molecule has 3 atom stereocenters. The molecule has 1 saturated heterocycles. The van der Waals surface area contributed by atoms with Gasteiger partial charge in [-0.25, -0.2) is 4.98 Å². The summed E-state index contributed by atoms with van der Waals surface area (Å²) >= 11 is 12.2. The second kappa shape index (κ2) is 14.4. The molecule has 1 amide bonds. The molecule has 3 aromatic rings. The van der Waals surface area contributed by atoms with Gasteiger partial charge in [-0.2, -0.15) is 13.2 Å². The number of aliphatic carboxylic acids is 1. The van der Waals surface area contributed by atoms with Crippen molar-refractivity contribution in [2.24, 2.45) is 5.92 Å². The number of carboxylic acids is 1. The molecule has 1 aliphatic rings. The second-order valence-corrected chi connectivity index (χ2v) is 10.5. The predicted molar refractivity (Wildman–Crippen MR) is 146 cm³/mol. The Morgan fingerprint density at radius 2 is 1.65 bits per heavy atom. The van der Waals surface area contributed by atoms with E-state index < -0.39 is 12.1 Å². The lowest BCUT2D eigenvalue weighted by Gasteiger charge is -2.31. The Bertz CT molecular complexity index is 1240. The van der Waals surface area contributed by atoms with Gasteiger partial charge in [0.2, 0.25) is 5.91 Å². The van der Waals surface area contributed by atoms with Crippen LogP contribution in [0, 0.1) is 5.92 Å². The molecule has 1 aromatic heterocycles. The molecular weight excluding hydrogens is 566 g/mol. The number of aromatic amines is 1. The van der Waals surface area contributed by atoms with Gasteiger partial charge >= 0.3 is 6.18 Å². The highest BCUT2D eigenvalue weighted by Crippen LogP contribution is 2.28. The zero-order valence-corrected chi connectivity index (χ0v) is 23.3. The van der Waals surface area contributed by atoms with E-state index in [1.807, 2.05) is 42.6 Å². The van der Waals surface area contributed by atoms with Crippen molar-refractivity contribution in [1.82, 2.24) is 5.32 Å². The van der Waals surface area contributed by atoms with Crippen LogP contribution in [0.4, 0.5) is 19.0 Å². The van der Waals surface area contributed by atoms with E-state index >= 15 is 0 Å². The summed E-state index contributed by atoms with van der Waals surface area (Å²) in [5.41, 5.74) is 2.34. The van der Waals surface area contributed by atoms with E-state index in [9.17, 15) is 18.0 Å². The number of anilines is 1. The molecule has 6 nitrogen and oxygen atoms in total. The molecule has 2 heterocycles. The SMILES string of the molecule is C[C@@H](NC(=O)C1CCCN(c2cccc[nH+]2)C1)[C@H](Cc1ccc(Cl)cc1)c1ccc(Cl)cc1.O=C([O-])C(F)(F)F. The van der Waals surface area contributed by atoms with E-state index in [2.05, 4.69) is 52.5 Å². The maximum atomic E-state index is 13.3. The fraction of sp³-hybridized carbons (Fsp3) is 0.345. The summed E-state index contributed by atoms with van der Waals surface area (Å²) in [5.74, 6) is -1.73. The Balaban J connectivity index is 0.000000559. The van der Waals surface area contributed by atoms with Crippen molar-refractivity contribution < 1.29 is 32.9 Å². The first-order valence-electron chi connectivity index (χ1n) is 12.7. The quantitative estimate of drug-likeness (QED) is 0.423. The molecule has 2 N–H and O–H groups in total. The number of nitrogens with zero attached hydrogens (tertiary/aromatic N) is 1. The molecule has 1 aliphatic heterocycles. The predicted octanol–water partition coefficient (Wildman–Crippen LogP) is 4.85. The van der Waals surface area contributed by atoms with Gasteiger partial charge in [0.15, 0.2) is 0 Å². The van der Waals surface area contributed by atoms with Crippen molar-refractivity contribution in [2.45, 2.75) is 44.3 Å². The lowest BCUT2D eigenvalue weighted by atomic mass is 9.86. The zero-order valence-electron chi connectivity index (χ0n) is 21.8. The summed E-state index contributed by atoms with van der Waals surface area (Å²) < 4.78 is 31.5. The molecule has 0 aliphatic carbocycles. The first-order valence-corrected chi connectivity index (χ1v) is 13.5. The van der Waals surface area contributed by atoms with E-state index in [0.717, 1.165) is 48.8 Å². The van der Waals surface area contributed by atoms with Crippen molar-refractivity contribution in [3.8, 4) is 0 Å². The highest BCUT2D eigenvalue weighted by molar-refractivity contribution is 6.30. The topological polar surface area (TPSA) is 86.6 Å². The molecule has 0 saturated carbocycles. The van der Waals surface area contributed by atoms with E-state index in [-0.39, 0.29) is 23.8 Å². The Labute approximate surface area is 241 Å². The van der Waals surface area contributed by atoms with Gasteiger partial charge in [0.05, 0.1) is 25.2 Å². The van der Waals surface area contributed by atoms with Crippen LogP contribution in [0.25, 0.3) is 0 Å². The number of rotatable bonds is 7. The summed E-state index contributed by atoms with van der Waals surface area (Å²) in [6.07, 6.45) is -0.560. The van der Waals surface area contributed by atoms with Crippen LogP contribution in [0.5, 0.6) is 0 Å². The Morgan fingerprint density at radius 3 is 2.20 bits per heavy atom. The van der Waals surface area contributed by atoms with Crippen molar-refractivity contribution in [3.05, 3.63) is 94.1 Å². The largest absolute Gasteiger partial charge is 0.542 e. The van der Waals surface area contributed by atoms with Crippen LogP contribution in [-0.2, 0) is 16.0 Å². The number of alkyl halides is 3. The Morgan fingerprint density at radius 1 is 1.05 bits per heavy atom. The number of halogens is 5. The zero-order chi connectivity index (χ0) is 29.3. The van der Waals surface area contributed by atoms with E-state index in [4.69, 9.17) is 33.1 Å². The van der Waals surface area contributed by atoms with E-state index in [1.165, 1.54) is 5.56 Å². The van der Waals surface area contributed by atoms with E-state index in [0.29, 0.717) is 5.02 Å². The van der Waals surface area contributed by atoms with Crippen LogP contribution in [0.3, 0.4) is 0 Å². The third-order valence-corrected chi connectivity index (χ3v) is 7.20. The van der Waals surface area contributed by atoms with Crippen LogP contribution in [0.1, 0.15) is 36.8 Å². The van der Waals surface area contributed by atoms with Gasteiger partial charge in [-0.3, -0.25) is 9.69 Å². The van der Waals surface area contributed by atoms with Crippen LogP contribution in [0.2, 0.25) is 10.0 Å². The molecule has 40 heavy (non-hydrogen) atoms. The number of H-pyrrole nitrogens is 1. The summed E-state index contributed by atoms with van der Waals surface area (Å²) in [6.45, 7) is 3.78. The van der Waals surface area contributed by atoms with Gasteiger partial charge in [0, 0.05) is 28.1 Å². The van der Waals surface area contributed by atoms with E-state index in [1.54, 1.807) is 0 Å². The number of aromatic nitrogens is 1.